The van der Waals surface area contributed by atoms with Gasteiger partial charge in [-0.15, -0.1) is 0 Å². The number of methoxy groups -OCH3 is 2. The number of nitrogens with zero attached hydrogens (tertiary/aromatic N) is 1. The molecular formula is C23H27N3O6. The normalized spacial score (nSPS) is 11.7. The Morgan fingerprint density at radius 2 is 1.59 bits per heavy atom. The second kappa shape index (κ2) is 12.1. The van der Waals surface area contributed by atoms with E-state index in [9.17, 15) is 14.4 Å². The molecule has 9 heteroatoms. The SMILES string of the molecule is COC(=O)COc1ccc(C=NNC(=O)C(NC(=O)c2ccc(OC)cc2)C(C)C)cc1. The quantitative estimate of drug-likeness (QED) is 0.332. The minimum absolute atomic E-state index is 0.154. The minimum Gasteiger partial charge on any atom is -0.497 e. The van der Waals surface area contributed by atoms with Gasteiger partial charge in [0.2, 0.25) is 0 Å². The van der Waals surface area contributed by atoms with Crippen molar-refractivity contribution in [1.82, 2.24) is 10.7 Å². The van der Waals surface area contributed by atoms with Gasteiger partial charge >= 0.3 is 5.97 Å². The van der Waals surface area contributed by atoms with E-state index >= 15 is 0 Å². The summed E-state index contributed by atoms with van der Waals surface area (Å²) in [7, 11) is 2.83. The Morgan fingerprint density at radius 1 is 0.969 bits per heavy atom. The van der Waals surface area contributed by atoms with E-state index in [0.717, 1.165) is 0 Å². The molecular weight excluding hydrogens is 414 g/mol. The number of hydrogen-bond acceptors (Lipinski definition) is 7. The number of nitrogens with one attached hydrogen (secondary N) is 2. The highest BCUT2D eigenvalue weighted by atomic mass is 16.6. The molecule has 2 aromatic carbocycles. The maximum absolute atomic E-state index is 12.6. The van der Waals surface area contributed by atoms with Crippen LogP contribution in [0.2, 0.25) is 0 Å². The largest absolute Gasteiger partial charge is 0.497 e. The first kappa shape index (κ1) is 24.4. The van der Waals surface area contributed by atoms with Crippen molar-refractivity contribution in [1.29, 1.82) is 0 Å². The summed E-state index contributed by atoms with van der Waals surface area (Å²) in [5, 5.41) is 6.69. The summed E-state index contributed by atoms with van der Waals surface area (Å²) in [4.78, 5) is 36.1. The predicted molar refractivity (Wildman–Crippen MR) is 119 cm³/mol. The Balaban J connectivity index is 1.92. The summed E-state index contributed by atoms with van der Waals surface area (Å²) in [5.74, 6) is -0.297. The monoisotopic (exact) mass is 441 g/mol. The molecule has 2 rings (SSSR count). The van der Waals surface area contributed by atoms with Gasteiger partial charge in [0.1, 0.15) is 17.5 Å². The second-order valence-corrected chi connectivity index (χ2v) is 7.09. The van der Waals surface area contributed by atoms with Crippen molar-refractivity contribution >= 4 is 24.0 Å². The van der Waals surface area contributed by atoms with Crippen LogP contribution >= 0.6 is 0 Å². The zero-order valence-corrected chi connectivity index (χ0v) is 18.5. The van der Waals surface area contributed by atoms with Crippen molar-refractivity contribution in [3.8, 4) is 11.5 Å². The number of carbonyl (C=O) groups excluding carboxylic acids is 3. The third-order valence-electron chi connectivity index (χ3n) is 4.44. The van der Waals surface area contributed by atoms with Gasteiger partial charge in [0, 0.05) is 5.56 Å². The summed E-state index contributed by atoms with van der Waals surface area (Å²) >= 11 is 0. The molecule has 0 aliphatic carbocycles. The molecule has 0 bridgehead atoms. The van der Waals surface area contributed by atoms with Crippen molar-refractivity contribution in [2.24, 2.45) is 11.0 Å². The van der Waals surface area contributed by atoms with Gasteiger partial charge in [-0.25, -0.2) is 10.2 Å². The van der Waals surface area contributed by atoms with Gasteiger partial charge in [-0.05, 0) is 60.0 Å². The summed E-state index contributed by atoms with van der Waals surface area (Å²) in [6.45, 7) is 3.48. The number of rotatable bonds is 10. The Morgan fingerprint density at radius 3 is 2.16 bits per heavy atom. The van der Waals surface area contributed by atoms with E-state index in [1.165, 1.54) is 13.3 Å². The van der Waals surface area contributed by atoms with Gasteiger partial charge in [-0.3, -0.25) is 9.59 Å². The van der Waals surface area contributed by atoms with E-state index in [1.54, 1.807) is 55.6 Å². The highest BCUT2D eigenvalue weighted by Gasteiger charge is 2.24. The molecule has 0 saturated carbocycles. The molecule has 0 heterocycles. The first-order valence-corrected chi connectivity index (χ1v) is 9.91. The predicted octanol–water partition coefficient (Wildman–Crippen LogP) is 2.15. The number of carbonyl (C=O) groups is 3. The van der Waals surface area contributed by atoms with E-state index in [0.29, 0.717) is 22.6 Å². The molecule has 0 spiro atoms. The van der Waals surface area contributed by atoms with Crippen molar-refractivity contribution < 1.29 is 28.6 Å². The standard InChI is InChI=1S/C23H27N3O6/c1-15(2)21(25-22(28)17-7-11-18(30-3)12-8-17)23(29)26-24-13-16-5-9-19(10-6-16)32-14-20(27)31-4/h5-13,15,21H,14H2,1-4H3,(H,25,28)(H,26,29). The van der Waals surface area contributed by atoms with Crippen LogP contribution in [-0.4, -0.2) is 50.9 Å². The third-order valence-corrected chi connectivity index (χ3v) is 4.44. The molecule has 0 aliphatic heterocycles. The average molecular weight is 441 g/mol. The number of hydrogen-bond donors (Lipinski definition) is 2. The lowest BCUT2D eigenvalue weighted by molar-refractivity contribution is -0.142. The van der Waals surface area contributed by atoms with E-state index in [2.05, 4.69) is 20.6 Å². The van der Waals surface area contributed by atoms with Gasteiger partial charge in [-0.1, -0.05) is 13.8 Å². The van der Waals surface area contributed by atoms with Crippen LogP contribution in [0.3, 0.4) is 0 Å². The fraction of sp³-hybridized carbons (Fsp3) is 0.304. The molecule has 0 aromatic heterocycles. The number of benzene rings is 2. The minimum atomic E-state index is -0.768. The lowest BCUT2D eigenvalue weighted by Crippen LogP contribution is -2.48. The molecule has 1 atom stereocenters. The molecule has 2 aromatic rings. The molecule has 0 saturated heterocycles. The number of hydrazone groups is 1. The van der Waals surface area contributed by atoms with Crippen LogP contribution in [0.25, 0.3) is 0 Å². The zero-order chi connectivity index (χ0) is 23.5. The van der Waals surface area contributed by atoms with E-state index in [4.69, 9.17) is 9.47 Å². The van der Waals surface area contributed by atoms with E-state index in [-0.39, 0.29) is 18.4 Å². The molecule has 0 fully saturated rings. The van der Waals surface area contributed by atoms with Crippen LogP contribution in [0, 0.1) is 5.92 Å². The van der Waals surface area contributed by atoms with Gasteiger partial charge < -0.3 is 19.5 Å². The Bertz CT molecular complexity index is 939. The first-order chi connectivity index (χ1) is 15.3. The smallest absolute Gasteiger partial charge is 0.343 e. The van der Waals surface area contributed by atoms with Crippen LogP contribution in [0.15, 0.2) is 53.6 Å². The van der Waals surface area contributed by atoms with Gasteiger partial charge in [0.05, 0.1) is 20.4 Å². The lowest BCUT2D eigenvalue weighted by Gasteiger charge is -2.20. The van der Waals surface area contributed by atoms with Crippen molar-refractivity contribution in [3.05, 3.63) is 59.7 Å². The number of esters is 1. The molecule has 2 N–H and O–H groups in total. The molecule has 1 unspecified atom stereocenters. The van der Waals surface area contributed by atoms with Gasteiger partial charge in [-0.2, -0.15) is 5.10 Å². The van der Waals surface area contributed by atoms with Crippen LogP contribution in [0.1, 0.15) is 29.8 Å². The fourth-order valence-corrected chi connectivity index (χ4v) is 2.59. The molecule has 0 aliphatic rings. The van der Waals surface area contributed by atoms with Crippen molar-refractivity contribution in [2.45, 2.75) is 19.9 Å². The fourth-order valence-electron chi connectivity index (χ4n) is 2.59. The third kappa shape index (κ3) is 7.42. The van der Waals surface area contributed by atoms with Crippen molar-refractivity contribution in [3.63, 3.8) is 0 Å². The summed E-state index contributed by atoms with van der Waals surface area (Å²) < 4.78 is 14.9. The summed E-state index contributed by atoms with van der Waals surface area (Å²) in [5.41, 5.74) is 3.58. The highest BCUT2D eigenvalue weighted by Crippen LogP contribution is 2.13. The molecule has 170 valence electrons. The summed E-state index contributed by atoms with van der Waals surface area (Å²) in [6.07, 6.45) is 1.46. The Hall–Kier alpha value is -3.88. The maximum Gasteiger partial charge on any atom is 0.343 e. The average Bonchev–Trinajstić information content (AvgIpc) is 2.81. The molecule has 0 radical (unpaired) electrons. The topological polar surface area (TPSA) is 115 Å². The van der Waals surface area contributed by atoms with Crippen LogP contribution in [-0.2, 0) is 14.3 Å². The first-order valence-electron chi connectivity index (χ1n) is 9.91. The van der Waals surface area contributed by atoms with Crippen molar-refractivity contribution in [2.75, 3.05) is 20.8 Å². The second-order valence-electron chi connectivity index (χ2n) is 7.09. The number of amides is 2. The maximum atomic E-state index is 12.6. The van der Waals surface area contributed by atoms with Crippen LogP contribution in [0.5, 0.6) is 11.5 Å². The van der Waals surface area contributed by atoms with Gasteiger partial charge in [0.15, 0.2) is 6.61 Å². The summed E-state index contributed by atoms with van der Waals surface area (Å²) in [6, 6.07) is 12.6. The van der Waals surface area contributed by atoms with E-state index in [1.807, 2.05) is 13.8 Å². The van der Waals surface area contributed by atoms with Crippen LogP contribution < -0.4 is 20.2 Å². The number of ether oxygens (including phenoxy) is 3. The Labute approximate surface area is 186 Å². The Kier molecular flexibility index (Phi) is 9.22. The molecule has 32 heavy (non-hydrogen) atoms. The van der Waals surface area contributed by atoms with Gasteiger partial charge in [0.25, 0.3) is 11.8 Å². The molecule has 2 amide bonds. The van der Waals surface area contributed by atoms with Crippen LogP contribution in [0.4, 0.5) is 0 Å². The zero-order valence-electron chi connectivity index (χ0n) is 18.5. The highest BCUT2D eigenvalue weighted by molar-refractivity contribution is 5.97. The lowest BCUT2D eigenvalue weighted by atomic mass is 10.0. The molecule has 9 nitrogen and oxygen atoms in total. The van der Waals surface area contributed by atoms with E-state index < -0.39 is 17.9 Å².